The van der Waals surface area contributed by atoms with E-state index in [0.717, 1.165) is 0 Å². The standard InChI is InChI=1S/C21H33N3O6/c1-13(2)15(22-19(29)30-20(3,4)5)17(26)24-12-8-9-14(24)16(25)23-21(18(27)28)10-6-7-11-21/h6-7,13-15H,8-12H2,1-5H3,(H,22,29)(H,23,25)(H,27,28)/t14-,15-/m0/s1. The van der Waals surface area contributed by atoms with E-state index in [1.807, 2.05) is 0 Å². The number of ether oxygens (including phenoxy) is 1. The van der Waals surface area contributed by atoms with Crippen LogP contribution in [0, 0.1) is 5.92 Å². The Balaban J connectivity index is 2.11. The van der Waals surface area contributed by atoms with E-state index >= 15 is 0 Å². The Morgan fingerprint density at radius 1 is 1.17 bits per heavy atom. The first kappa shape index (κ1) is 23.7. The van der Waals surface area contributed by atoms with Gasteiger partial charge >= 0.3 is 12.1 Å². The van der Waals surface area contributed by atoms with Crippen molar-refractivity contribution < 1.29 is 29.0 Å². The maximum Gasteiger partial charge on any atom is 0.408 e. The molecule has 3 amide bonds. The van der Waals surface area contributed by atoms with Gasteiger partial charge in [0.05, 0.1) is 0 Å². The van der Waals surface area contributed by atoms with Crippen molar-refractivity contribution in [2.75, 3.05) is 6.54 Å². The number of carboxylic acids is 1. The lowest BCUT2D eigenvalue weighted by molar-refractivity contribution is -0.149. The second-order valence-corrected chi connectivity index (χ2v) is 9.31. The molecular formula is C21H33N3O6. The third-order valence-corrected chi connectivity index (χ3v) is 5.31. The van der Waals surface area contributed by atoms with E-state index in [4.69, 9.17) is 4.74 Å². The Bertz CT molecular complexity index is 717. The average molecular weight is 424 g/mol. The molecule has 9 heteroatoms. The number of nitrogens with zero attached hydrogens (tertiary/aromatic N) is 1. The van der Waals surface area contributed by atoms with Gasteiger partial charge in [-0.2, -0.15) is 0 Å². The molecule has 1 aliphatic carbocycles. The van der Waals surface area contributed by atoms with Crippen molar-refractivity contribution in [2.45, 2.75) is 83.5 Å². The summed E-state index contributed by atoms with van der Waals surface area (Å²) in [6, 6.07) is -1.62. The zero-order valence-corrected chi connectivity index (χ0v) is 18.4. The summed E-state index contributed by atoms with van der Waals surface area (Å²) in [4.78, 5) is 51.5. The summed E-state index contributed by atoms with van der Waals surface area (Å²) in [5.74, 6) is -2.17. The fraction of sp³-hybridized carbons (Fsp3) is 0.714. The van der Waals surface area contributed by atoms with Crippen LogP contribution in [0.4, 0.5) is 4.79 Å². The highest BCUT2D eigenvalue weighted by Gasteiger charge is 2.45. The van der Waals surface area contributed by atoms with Crippen molar-refractivity contribution in [1.29, 1.82) is 0 Å². The van der Waals surface area contributed by atoms with Crippen molar-refractivity contribution in [2.24, 2.45) is 5.92 Å². The number of carbonyl (C=O) groups excluding carboxylic acids is 3. The third-order valence-electron chi connectivity index (χ3n) is 5.31. The molecule has 1 aliphatic heterocycles. The molecule has 1 saturated heterocycles. The van der Waals surface area contributed by atoms with Gasteiger partial charge < -0.3 is 25.4 Å². The normalized spacial score (nSPS) is 21.4. The Labute approximate surface area is 177 Å². The quantitative estimate of drug-likeness (QED) is 0.560. The van der Waals surface area contributed by atoms with E-state index in [9.17, 15) is 24.3 Å². The number of amides is 3. The van der Waals surface area contributed by atoms with E-state index in [0.29, 0.717) is 19.4 Å². The van der Waals surface area contributed by atoms with Gasteiger partial charge in [-0.05, 0) is 52.4 Å². The summed E-state index contributed by atoms with van der Waals surface area (Å²) < 4.78 is 5.26. The monoisotopic (exact) mass is 423 g/mol. The lowest BCUT2D eigenvalue weighted by atomic mass is 9.96. The molecule has 1 fully saturated rings. The predicted octanol–water partition coefficient (Wildman–Crippen LogP) is 1.82. The molecule has 9 nitrogen and oxygen atoms in total. The van der Waals surface area contributed by atoms with Gasteiger partial charge in [-0.3, -0.25) is 9.59 Å². The minimum atomic E-state index is -1.36. The molecule has 168 valence electrons. The van der Waals surface area contributed by atoms with E-state index < -0.39 is 41.2 Å². The minimum Gasteiger partial charge on any atom is -0.479 e. The second kappa shape index (κ2) is 9.06. The molecule has 2 rings (SSSR count). The van der Waals surface area contributed by atoms with Crippen LogP contribution >= 0.6 is 0 Å². The molecule has 0 radical (unpaired) electrons. The molecule has 3 N–H and O–H groups in total. The van der Waals surface area contributed by atoms with Gasteiger partial charge in [0, 0.05) is 6.54 Å². The number of rotatable bonds is 6. The fourth-order valence-corrected chi connectivity index (χ4v) is 3.73. The molecule has 2 aliphatic rings. The highest BCUT2D eigenvalue weighted by Crippen LogP contribution is 2.26. The molecule has 0 spiro atoms. The molecule has 0 unspecified atom stereocenters. The molecule has 30 heavy (non-hydrogen) atoms. The van der Waals surface area contributed by atoms with Gasteiger partial charge in [-0.15, -0.1) is 0 Å². The fourth-order valence-electron chi connectivity index (χ4n) is 3.73. The first-order chi connectivity index (χ1) is 13.9. The van der Waals surface area contributed by atoms with E-state index in [2.05, 4.69) is 10.6 Å². The molecular weight excluding hydrogens is 390 g/mol. The van der Waals surface area contributed by atoms with Crippen LogP contribution in [0.3, 0.4) is 0 Å². The highest BCUT2D eigenvalue weighted by molar-refractivity contribution is 5.94. The summed E-state index contributed by atoms with van der Waals surface area (Å²) in [5.41, 5.74) is -2.06. The Morgan fingerprint density at radius 3 is 2.27 bits per heavy atom. The largest absolute Gasteiger partial charge is 0.479 e. The lowest BCUT2D eigenvalue weighted by Gasteiger charge is -2.33. The van der Waals surface area contributed by atoms with Crippen LogP contribution in [0.25, 0.3) is 0 Å². The number of nitrogens with one attached hydrogen (secondary N) is 2. The zero-order valence-electron chi connectivity index (χ0n) is 18.4. The summed E-state index contributed by atoms with van der Waals surface area (Å²) in [6.45, 7) is 9.17. The Morgan fingerprint density at radius 2 is 1.77 bits per heavy atom. The third kappa shape index (κ3) is 5.52. The first-order valence-corrected chi connectivity index (χ1v) is 10.4. The van der Waals surface area contributed by atoms with Crippen LogP contribution in [0.2, 0.25) is 0 Å². The SMILES string of the molecule is CC(C)[C@H](NC(=O)OC(C)(C)C)C(=O)N1CCC[C@H]1C(=O)NC1(C(=O)O)CC=CC1. The van der Waals surface area contributed by atoms with Crippen molar-refractivity contribution in [3.05, 3.63) is 12.2 Å². The highest BCUT2D eigenvalue weighted by atomic mass is 16.6. The van der Waals surface area contributed by atoms with Crippen LogP contribution in [-0.2, 0) is 19.1 Å². The van der Waals surface area contributed by atoms with Gasteiger partial charge in [-0.1, -0.05) is 26.0 Å². The summed E-state index contributed by atoms with van der Waals surface area (Å²) in [5, 5.41) is 14.9. The molecule has 0 saturated carbocycles. The Hall–Kier alpha value is -2.58. The smallest absolute Gasteiger partial charge is 0.408 e. The summed E-state index contributed by atoms with van der Waals surface area (Å²) >= 11 is 0. The van der Waals surface area contributed by atoms with Crippen LogP contribution in [-0.4, -0.2) is 63.7 Å². The number of hydrogen-bond acceptors (Lipinski definition) is 5. The van der Waals surface area contributed by atoms with Gasteiger partial charge in [0.15, 0.2) is 0 Å². The number of alkyl carbamates (subject to hydrolysis) is 1. The van der Waals surface area contributed by atoms with Crippen LogP contribution < -0.4 is 10.6 Å². The van der Waals surface area contributed by atoms with Crippen molar-refractivity contribution in [1.82, 2.24) is 15.5 Å². The predicted molar refractivity (Wildman–Crippen MR) is 110 cm³/mol. The summed E-state index contributed by atoms with van der Waals surface area (Å²) in [6.07, 6.45) is 4.25. The van der Waals surface area contributed by atoms with Crippen LogP contribution in [0.5, 0.6) is 0 Å². The molecule has 0 aromatic rings. The first-order valence-electron chi connectivity index (χ1n) is 10.4. The maximum atomic E-state index is 13.2. The van der Waals surface area contributed by atoms with E-state index in [1.54, 1.807) is 46.8 Å². The number of carbonyl (C=O) groups is 4. The van der Waals surface area contributed by atoms with E-state index in [1.165, 1.54) is 4.90 Å². The molecule has 2 atom stereocenters. The molecule has 1 heterocycles. The number of likely N-dealkylation sites (tertiary alicyclic amines) is 1. The number of carboxylic acid groups (broad SMARTS) is 1. The molecule has 0 aromatic heterocycles. The second-order valence-electron chi connectivity index (χ2n) is 9.31. The van der Waals surface area contributed by atoms with Gasteiger partial charge in [-0.25, -0.2) is 9.59 Å². The molecule has 0 aromatic carbocycles. The number of aliphatic carboxylic acids is 1. The van der Waals surface area contributed by atoms with Crippen LogP contribution in [0.15, 0.2) is 12.2 Å². The zero-order chi connectivity index (χ0) is 22.7. The van der Waals surface area contributed by atoms with Crippen LogP contribution in [0.1, 0.15) is 60.3 Å². The van der Waals surface area contributed by atoms with Crippen molar-refractivity contribution >= 4 is 23.9 Å². The van der Waals surface area contributed by atoms with Crippen molar-refractivity contribution in [3.63, 3.8) is 0 Å². The topological polar surface area (TPSA) is 125 Å². The lowest BCUT2D eigenvalue weighted by Crippen LogP contribution is -2.60. The average Bonchev–Trinajstić information content (AvgIpc) is 3.27. The summed E-state index contributed by atoms with van der Waals surface area (Å²) in [7, 11) is 0. The van der Waals surface area contributed by atoms with Gasteiger partial charge in [0.1, 0.15) is 23.2 Å². The number of hydrogen-bond donors (Lipinski definition) is 3. The van der Waals surface area contributed by atoms with Crippen molar-refractivity contribution in [3.8, 4) is 0 Å². The minimum absolute atomic E-state index is 0.212. The van der Waals surface area contributed by atoms with Gasteiger partial charge in [0.2, 0.25) is 11.8 Å². The van der Waals surface area contributed by atoms with E-state index in [-0.39, 0.29) is 24.7 Å². The Kier molecular flexibility index (Phi) is 7.15. The molecule has 0 bridgehead atoms. The maximum absolute atomic E-state index is 13.2. The van der Waals surface area contributed by atoms with Gasteiger partial charge in [0.25, 0.3) is 0 Å².